The van der Waals surface area contributed by atoms with Gasteiger partial charge in [0.15, 0.2) is 0 Å². The van der Waals surface area contributed by atoms with E-state index >= 15 is 0 Å². The minimum Gasteiger partial charge on any atom is -0.324 e. The molecule has 1 aliphatic heterocycles. The quantitative estimate of drug-likeness (QED) is 0.749. The summed E-state index contributed by atoms with van der Waals surface area (Å²) in [5, 5.41) is 12.4. The van der Waals surface area contributed by atoms with Crippen LogP contribution in [0.3, 0.4) is 0 Å². The van der Waals surface area contributed by atoms with Gasteiger partial charge in [-0.25, -0.2) is 4.79 Å². The number of benzene rings is 1. The van der Waals surface area contributed by atoms with Gasteiger partial charge in [-0.15, -0.1) is 10.2 Å². The van der Waals surface area contributed by atoms with Crippen LogP contribution in [0.15, 0.2) is 36.7 Å². The van der Waals surface area contributed by atoms with E-state index in [1.807, 2.05) is 35.2 Å². The molecule has 1 aromatic carbocycles. The summed E-state index contributed by atoms with van der Waals surface area (Å²) in [5.41, 5.74) is 2.71. The Morgan fingerprint density at radius 2 is 2.14 bits per heavy atom. The van der Waals surface area contributed by atoms with E-state index in [9.17, 15) is 4.79 Å². The number of aromatic nitrogens is 4. The number of piperidine rings is 1. The zero-order valence-corrected chi connectivity index (χ0v) is 16.4. The number of urea groups is 1. The number of hydrogen-bond donors (Lipinski definition) is 1. The zero-order chi connectivity index (χ0) is 19.5. The minimum atomic E-state index is -0.0642. The number of likely N-dealkylation sites (tertiary alicyclic amines) is 1. The van der Waals surface area contributed by atoms with E-state index in [0.29, 0.717) is 6.54 Å². The van der Waals surface area contributed by atoms with Crippen molar-refractivity contribution in [1.82, 2.24) is 24.6 Å². The van der Waals surface area contributed by atoms with Crippen LogP contribution in [0.2, 0.25) is 0 Å². The fourth-order valence-electron chi connectivity index (χ4n) is 3.91. The van der Waals surface area contributed by atoms with Crippen molar-refractivity contribution in [2.45, 2.75) is 45.6 Å². The summed E-state index contributed by atoms with van der Waals surface area (Å²) in [5.74, 6) is 1.20. The van der Waals surface area contributed by atoms with E-state index in [4.69, 9.17) is 0 Å². The molecule has 3 aromatic rings. The van der Waals surface area contributed by atoms with Gasteiger partial charge < -0.3 is 14.8 Å². The topological polar surface area (TPSA) is 75.9 Å². The lowest BCUT2D eigenvalue weighted by Crippen LogP contribution is -2.42. The highest BCUT2D eigenvalue weighted by Gasteiger charge is 2.28. The summed E-state index contributed by atoms with van der Waals surface area (Å²) in [6.45, 7) is 6.41. The van der Waals surface area contributed by atoms with Crippen molar-refractivity contribution in [2.24, 2.45) is 0 Å². The standard InChI is InChI=1S/C21H26N6O/c1-3-16-12-19(17-9-5-6-10-18(17)23-16)24-21(28)27-11-7-8-15(13-27)20-25-22-14-26(20)4-2/h5-6,9-10,12,14-15H,3-4,7-8,11,13H2,1-2H3,(H,23,24,28). The summed E-state index contributed by atoms with van der Waals surface area (Å²) in [6.07, 6.45) is 4.59. The minimum absolute atomic E-state index is 0.0642. The molecule has 0 spiro atoms. The van der Waals surface area contributed by atoms with Gasteiger partial charge in [0.25, 0.3) is 0 Å². The summed E-state index contributed by atoms with van der Waals surface area (Å²) in [4.78, 5) is 19.6. The molecule has 146 valence electrons. The Morgan fingerprint density at radius 3 is 2.96 bits per heavy atom. The number of fused-ring (bicyclic) bond motifs is 1. The normalized spacial score (nSPS) is 17.1. The van der Waals surface area contributed by atoms with E-state index < -0.39 is 0 Å². The van der Waals surface area contributed by atoms with Crippen molar-refractivity contribution >= 4 is 22.6 Å². The van der Waals surface area contributed by atoms with Gasteiger partial charge in [-0.2, -0.15) is 0 Å². The molecule has 0 radical (unpaired) electrons. The first kappa shape index (κ1) is 18.4. The zero-order valence-electron chi connectivity index (χ0n) is 16.4. The second-order valence-corrected chi connectivity index (χ2v) is 7.22. The molecule has 28 heavy (non-hydrogen) atoms. The smallest absolute Gasteiger partial charge is 0.321 e. The van der Waals surface area contributed by atoms with E-state index in [1.165, 1.54) is 0 Å². The van der Waals surface area contributed by atoms with Crippen LogP contribution in [0.25, 0.3) is 10.9 Å². The lowest BCUT2D eigenvalue weighted by Gasteiger charge is -2.32. The highest BCUT2D eigenvalue weighted by Crippen LogP contribution is 2.27. The number of nitrogens with zero attached hydrogens (tertiary/aromatic N) is 5. The fourth-order valence-corrected chi connectivity index (χ4v) is 3.91. The van der Waals surface area contributed by atoms with Crippen LogP contribution in [0, 0.1) is 0 Å². The van der Waals surface area contributed by atoms with Gasteiger partial charge in [0.2, 0.25) is 0 Å². The van der Waals surface area contributed by atoms with Crippen molar-refractivity contribution in [1.29, 1.82) is 0 Å². The Balaban J connectivity index is 1.54. The first-order valence-corrected chi connectivity index (χ1v) is 10.0. The monoisotopic (exact) mass is 378 g/mol. The van der Waals surface area contributed by atoms with E-state index in [0.717, 1.165) is 60.5 Å². The molecule has 0 bridgehead atoms. The van der Waals surface area contributed by atoms with Crippen LogP contribution >= 0.6 is 0 Å². The third kappa shape index (κ3) is 3.56. The predicted molar refractivity (Wildman–Crippen MR) is 109 cm³/mol. The molecule has 1 unspecified atom stereocenters. The first-order valence-electron chi connectivity index (χ1n) is 10.0. The fraction of sp³-hybridized carbons (Fsp3) is 0.429. The number of hydrogen-bond acceptors (Lipinski definition) is 4. The van der Waals surface area contributed by atoms with Crippen LogP contribution in [-0.4, -0.2) is 43.8 Å². The maximum atomic E-state index is 13.0. The number of aryl methyl sites for hydroxylation is 2. The van der Waals surface area contributed by atoms with E-state index in [1.54, 1.807) is 6.33 Å². The van der Waals surface area contributed by atoms with Crippen LogP contribution in [0.5, 0.6) is 0 Å². The molecule has 2 aromatic heterocycles. The molecule has 3 heterocycles. The van der Waals surface area contributed by atoms with Gasteiger partial charge in [-0.05, 0) is 38.3 Å². The van der Waals surface area contributed by atoms with Gasteiger partial charge in [0.05, 0.1) is 11.2 Å². The van der Waals surface area contributed by atoms with Crippen molar-refractivity contribution in [3.8, 4) is 0 Å². The number of anilines is 1. The number of para-hydroxylation sites is 1. The van der Waals surface area contributed by atoms with Crippen LogP contribution in [0.1, 0.15) is 44.1 Å². The number of rotatable bonds is 4. The average Bonchev–Trinajstić information content (AvgIpc) is 3.22. The second kappa shape index (κ2) is 7.96. The lowest BCUT2D eigenvalue weighted by molar-refractivity contribution is 0.190. The van der Waals surface area contributed by atoms with Crippen LogP contribution in [-0.2, 0) is 13.0 Å². The molecule has 1 saturated heterocycles. The molecule has 4 rings (SSSR count). The highest BCUT2D eigenvalue weighted by molar-refractivity contribution is 6.00. The lowest BCUT2D eigenvalue weighted by atomic mass is 9.97. The van der Waals surface area contributed by atoms with Gasteiger partial charge in [-0.3, -0.25) is 4.98 Å². The molecule has 2 amide bonds. The third-order valence-corrected chi connectivity index (χ3v) is 5.43. The van der Waals surface area contributed by atoms with Gasteiger partial charge in [0, 0.05) is 36.6 Å². The van der Waals surface area contributed by atoms with Gasteiger partial charge in [0.1, 0.15) is 12.2 Å². The molecular formula is C21H26N6O. The van der Waals surface area contributed by atoms with E-state index in [2.05, 4.69) is 38.9 Å². The Morgan fingerprint density at radius 1 is 1.29 bits per heavy atom. The van der Waals surface area contributed by atoms with Crippen molar-refractivity contribution < 1.29 is 4.79 Å². The molecule has 0 saturated carbocycles. The summed E-state index contributed by atoms with van der Waals surface area (Å²) >= 11 is 0. The highest BCUT2D eigenvalue weighted by atomic mass is 16.2. The Bertz CT molecular complexity index is 982. The largest absolute Gasteiger partial charge is 0.324 e. The number of nitrogens with one attached hydrogen (secondary N) is 1. The maximum absolute atomic E-state index is 13.0. The Hall–Kier alpha value is -2.96. The molecule has 0 aliphatic carbocycles. The van der Waals surface area contributed by atoms with E-state index in [-0.39, 0.29) is 11.9 Å². The molecule has 7 nitrogen and oxygen atoms in total. The van der Waals surface area contributed by atoms with Crippen LogP contribution < -0.4 is 5.32 Å². The van der Waals surface area contributed by atoms with Crippen molar-refractivity contribution in [3.63, 3.8) is 0 Å². The SMILES string of the molecule is CCc1cc(NC(=O)N2CCCC(c3nncn3CC)C2)c2ccccc2n1. The first-order chi connectivity index (χ1) is 13.7. The third-order valence-electron chi connectivity index (χ3n) is 5.43. The molecule has 1 atom stereocenters. The average molecular weight is 378 g/mol. The van der Waals surface area contributed by atoms with Crippen LogP contribution in [0.4, 0.5) is 10.5 Å². The van der Waals surface area contributed by atoms with Crippen molar-refractivity contribution in [3.05, 3.63) is 48.2 Å². The maximum Gasteiger partial charge on any atom is 0.321 e. The van der Waals surface area contributed by atoms with Gasteiger partial charge >= 0.3 is 6.03 Å². The number of carbonyl (C=O) groups is 1. The molecule has 7 heteroatoms. The van der Waals surface area contributed by atoms with Crippen molar-refractivity contribution in [2.75, 3.05) is 18.4 Å². The number of carbonyl (C=O) groups excluding carboxylic acids is 1. The van der Waals surface area contributed by atoms with Gasteiger partial charge in [-0.1, -0.05) is 25.1 Å². The Labute approximate surface area is 164 Å². The summed E-state index contributed by atoms with van der Waals surface area (Å²) in [6, 6.07) is 9.85. The molecule has 1 fully saturated rings. The predicted octanol–water partition coefficient (Wildman–Crippen LogP) is 3.82. The molecule has 1 N–H and O–H groups in total. The molecule has 1 aliphatic rings. The second-order valence-electron chi connectivity index (χ2n) is 7.22. The Kier molecular flexibility index (Phi) is 5.23. The number of amides is 2. The summed E-state index contributed by atoms with van der Waals surface area (Å²) < 4.78 is 2.07. The molecular weight excluding hydrogens is 352 g/mol. The number of pyridine rings is 1. The summed E-state index contributed by atoms with van der Waals surface area (Å²) in [7, 11) is 0.